The molecule has 1 aliphatic rings. The second-order valence-corrected chi connectivity index (χ2v) is 15.3. The molecular formula is C38H70N4O6S. The number of unbranched alkanes of at least 4 members (excludes halogenated alkanes) is 17. The molecule has 2 rings (SSSR count). The van der Waals surface area contributed by atoms with Crippen molar-refractivity contribution < 1.29 is 28.7 Å². The van der Waals surface area contributed by atoms with Crippen molar-refractivity contribution in [2.45, 2.75) is 141 Å². The first-order chi connectivity index (χ1) is 24.1. The van der Waals surface area contributed by atoms with Gasteiger partial charge in [0.25, 0.3) is 0 Å². The van der Waals surface area contributed by atoms with E-state index in [1.165, 1.54) is 96.3 Å². The molecular weight excluding hydrogens is 641 g/mol. The Morgan fingerprint density at radius 3 is 1.96 bits per heavy atom. The molecule has 0 spiro atoms. The molecule has 1 fully saturated rings. The molecule has 1 aromatic heterocycles. The van der Waals surface area contributed by atoms with E-state index in [0.717, 1.165) is 58.5 Å². The number of aliphatic carboxylic acids is 1. The van der Waals surface area contributed by atoms with Crippen molar-refractivity contribution in [2.75, 3.05) is 70.8 Å². The van der Waals surface area contributed by atoms with Gasteiger partial charge in [-0.2, -0.15) is 0 Å². The minimum atomic E-state index is -1.11. The number of nitrogens with zero attached hydrogens (tertiary/aromatic N) is 4. The summed E-state index contributed by atoms with van der Waals surface area (Å²) in [7, 11) is 0. The molecule has 1 saturated heterocycles. The number of hydrogen-bond acceptors (Lipinski definition) is 9. The molecule has 1 aliphatic heterocycles. The summed E-state index contributed by atoms with van der Waals surface area (Å²) in [5.41, 5.74) is 0. The van der Waals surface area contributed by atoms with Gasteiger partial charge in [0, 0.05) is 45.1 Å². The predicted molar refractivity (Wildman–Crippen MR) is 200 cm³/mol. The van der Waals surface area contributed by atoms with Gasteiger partial charge in [0.05, 0.1) is 26.5 Å². The van der Waals surface area contributed by atoms with Crippen LogP contribution in [0.4, 0.5) is 0 Å². The standard InChI is InChI=1S/C38H70N4O6S/c1-2-3-4-5-6-7-8-9-10-11-12-13-14-15-16-20-29-47-33-36(48-38-39-23-21-24-40-38)34-49(45)32-31-46-30-28-42-27-26-41(35-42)25-19-17-18-22-37(43)44/h21,23-24,36H,2-20,22,25-35H2,1H3,(H,43,44). The monoisotopic (exact) mass is 711 g/mol. The molecule has 0 radical (unpaired) electrons. The van der Waals surface area contributed by atoms with Gasteiger partial charge in [-0.3, -0.25) is 14.6 Å². The van der Waals surface area contributed by atoms with E-state index in [1.807, 2.05) is 0 Å². The molecule has 0 aromatic carbocycles. The fourth-order valence-corrected chi connectivity index (χ4v) is 7.23. The second kappa shape index (κ2) is 31.3. The molecule has 284 valence electrons. The van der Waals surface area contributed by atoms with Crippen LogP contribution in [0.2, 0.25) is 0 Å². The number of aromatic nitrogens is 2. The molecule has 0 aliphatic carbocycles. The Balaban J connectivity index is 1.47. The number of carboxylic acids is 1. The highest BCUT2D eigenvalue weighted by atomic mass is 32.2. The summed E-state index contributed by atoms with van der Waals surface area (Å²) in [6.45, 7) is 9.24. The van der Waals surface area contributed by atoms with Gasteiger partial charge in [-0.05, 0) is 43.0 Å². The van der Waals surface area contributed by atoms with Crippen LogP contribution in [-0.2, 0) is 25.4 Å². The van der Waals surface area contributed by atoms with E-state index in [9.17, 15) is 9.35 Å². The Hall–Kier alpha value is -1.50. The summed E-state index contributed by atoms with van der Waals surface area (Å²) in [6.07, 6.45) is 27.5. The molecule has 2 heterocycles. The fraction of sp³-hybridized carbons (Fsp3) is 0.868. The van der Waals surface area contributed by atoms with E-state index in [0.29, 0.717) is 37.9 Å². The summed E-state index contributed by atoms with van der Waals surface area (Å²) in [6, 6.07) is 2.03. The Morgan fingerprint density at radius 1 is 0.776 bits per heavy atom. The van der Waals surface area contributed by atoms with Gasteiger partial charge in [0.1, 0.15) is 11.5 Å². The molecule has 49 heavy (non-hydrogen) atoms. The van der Waals surface area contributed by atoms with Gasteiger partial charge in [-0.15, -0.1) is 0 Å². The van der Waals surface area contributed by atoms with Crippen molar-refractivity contribution in [3.8, 4) is 6.01 Å². The molecule has 0 saturated carbocycles. The normalized spacial score (nSPS) is 15.1. The van der Waals surface area contributed by atoms with Gasteiger partial charge in [-0.25, -0.2) is 9.97 Å². The first kappa shape index (κ1) is 43.7. The highest BCUT2D eigenvalue weighted by molar-refractivity contribution is 7.91. The average molecular weight is 711 g/mol. The number of ether oxygens (including phenoxy) is 3. The van der Waals surface area contributed by atoms with Crippen LogP contribution in [0.1, 0.15) is 135 Å². The molecule has 0 amide bonds. The molecule has 10 nitrogen and oxygen atoms in total. The van der Waals surface area contributed by atoms with E-state index in [4.69, 9.17) is 19.3 Å². The smallest absolute Gasteiger partial charge is 0.316 e. The summed E-state index contributed by atoms with van der Waals surface area (Å²) >= 11 is -1.11. The lowest BCUT2D eigenvalue weighted by Crippen LogP contribution is -2.34. The summed E-state index contributed by atoms with van der Waals surface area (Å²) in [5.74, 6) is 0.0987. The lowest BCUT2D eigenvalue weighted by molar-refractivity contribution is -0.137. The molecule has 0 bridgehead atoms. The minimum absolute atomic E-state index is 0.261. The average Bonchev–Trinajstić information content (AvgIpc) is 3.55. The van der Waals surface area contributed by atoms with Crippen LogP contribution in [-0.4, -0.2) is 112 Å². The van der Waals surface area contributed by atoms with Crippen LogP contribution in [0.5, 0.6) is 6.01 Å². The maximum atomic E-state index is 12.9. The Bertz CT molecular complexity index is 889. The zero-order valence-corrected chi connectivity index (χ0v) is 31.7. The van der Waals surface area contributed by atoms with Crippen LogP contribution in [0.3, 0.4) is 0 Å². The summed E-state index contributed by atoms with van der Waals surface area (Å²) < 4.78 is 30.6. The van der Waals surface area contributed by atoms with E-state index >= 15 is 0 Å². The molecule has 11 heteroatoms. The molecule has 2 unspecified atom stereocenters. The van der Waals surface area contributed by atoms with Gasteiger partial charge in [-0.1, -0.05) is 110 Å². The topological polar surface area (TPSA) is 120 Å². The lowest BCUT2D eigenvalue weighted by Gasteiger charge is -2.20. The zero-order valence-electron chi connectivity index (χ0n) is 30.9. The fourth-order valence-electron chi connectivity index (χ4n) is 6.18. The third-order valence-electron chi connectivity index (χ3n) is 9.14. The van der Waals surface area contributed by atoms with Crippen molar-refractivity contribution in [3.63, 3.8) is 0 Å². The number of carbonyl (C=O) groups is 1. The Morgan fingerprint density at radius 2 is 1.35 bits per heavy atom. The van der Waals surface area contributed by atoms with Crippen LogP contribution >= 0.6 is 0 Å². The second-order valence-electron chi connectivity index (χ2n) is 13.7. The quantitative estimate of drug-likeness (QED) is 0.0561. The van der Waals surface area contributed by atoms with Gasteiger partial charge < -0.3 is 23.9 Å². The number of carboxylic acid groups (broad SMARTS) is 1. The highest BCUT2D eigenvalue weighted by Crippen LogP contribution is 2.14. The van der Waals surface area contributed by atoms with E-state index in [2.05, 4.69) is 26.7 Å². The number of hydrogen-bond donors (Lipinski definition) is 1. The Kier molecular flexibility index (Phi) is 27.8. The van der Waals surface area contributed by atoms with Gasteiger partial charge in [0.2, 0.25) is 0 Å². The van der Waals surface area contributed by atoms with Crippen molar-refractivity contribution in [3.05, 3.63) is 18.5 Å². The zero-order chi connectivity index (χ0) is 35.0. The van der Waals surface area contributed by atoms with Crippen molar-refractivity contribution in [1.82, 2.24) is 19.8 Å². The SMILES string of the molecule is CCCCCCCCCCCCCCCCCCOCC(C[S+]([O-])CCOCCN1CCN(CCCCCC(=O)O)C1)Oc1ncccn1. The third-order valence-corrected chi connectivity index (χ3v) is 10.5. The summed E-state index contributed by atoms with van der Waals surface area (Å²) in [4.78, 5) is 23.8. The first-order valence-electron chi connectivity index (χ1n) is 19.7. The molecule has 1 N–H and O–H groups in total. The number of rotatable bonds is 35. The van der Waals surface area contributed by atoms with Gasteiger partial charge in [0.15, 0.2) is 6.10 Å². The maximum absolute atomic E-state index is 12.9. The van der Waals surface area contributed by atoms with Crippen molar-refractivity contribution >= 4 is 17.1 Å². The van der Waals surface area contributed by atoms with E-state index in [1.54, 1.807) is 18.5 Å². The lowest BCUT2D eigenvalue weighted by atomic mass is 10.0. The maximum Gasteiger partial charge on any atom is 0.316 e. The molecule has 2 atom stereocenters. The summed E-state index contributed by atoms with van der Waals surface area (Å²) in [5, 5.41) is 8.76. The predicted octanol–water partition coefficient (Wildman–Crippen LogP) is 7.49. The van der Waals surface area contributed by atoms with Crippen molar-refractivity contribution in [1.29, 1.82) is 0 Å². The van der Waals surface area contributed by atoms with Crippen molar-refractivity contribution in [2.24, 2.45) is 0 Å². The third kappa shape index (κ3) is 26.0. The highest BCUT2D eigenvalue weighted by Gasteiger charge is 2.21. The largest absolute Gasteiger partial charge is 0.616 e. The van der Waals surface area contributed by atoms with Crippen LogP contribution in [0, 0.1) is 0 Å². The van der Waals surface area contributed by atoms with E-state index < -0.39 is 17.1 Å². The van der Waals surface area contributed by atoms with Gasteiger partial charge >= 0.3 is 12.0 Å². The molecule has 1 aromatic rings. The van der Waals surface area contributed by atoms with E-state index in [-0.39, 0.29) is 18.5 Å². The van der Waals surface area contributed by atoms with Crippen LogP contribution < -0.4 is 4.74 Å². The first-order valence-corrected chi connectivity index (χ1v) is 21.2. The van der Waals surface area contributed by atoms with Crippen LogP contribution in [0.25, 0.3) is 0 Å². The minimum Gasteiger partial charge on any atom is -0.616 e. The Labute approximate surface area is 301 Å². The van der Waals surface area contributed by atoms with Crippen LogP contribution in [0.15, 0.2) is 18.5 Å².